The summed E-state index contributed by atoms with van der Waals surface area (Å²) in [6.07, 6.45) is 5.22. The summed E-state index contributed by atoms with van der Waals surface area (Å²) in [7, 11) is 1.73. The second kappa shape index (κ2) is 5.60. The fraction of sp³-hybridized carbons (Fsp3) is 0.421. The van der Waals surface area contributed by atoms with Crippen molar-refractivity contribution >= 4 is 23.1 Å². The first-order chi connectivity index (χ1) is 11.5. The molecule has 0 N–H and O–H groups in total. The summed E-state index contributed by atoms with van der Waals surface area (Å²) < 4.78 is 5.52. The Morgan fingerprint density at radius 3 is 2.96 bits per heavy atom. The van der Waals surface area contributed by atoms with Crippen LogP contribution in [0.1, 0.15) is 30.1 Å². The lowest BCUT2D eigenvalue weighted by Crippen LogP contribution is -2.36. The maximum absolute atomic E-state index is 6.32. The van der Waals surface area contributed by atoms with Crippen molar-refractivity contribution in [3.8, 4) is 5.75 Å². The fourth-order valence-electron chi connectivity index (χ4n) is 3.65. The molecule has 2 atom stereocenters. The molecule has 4 nitrogen and oxygen atoms in total. The molecule has 0 amide bonds. The molecular formula is C19H22N2O2S. The zero-order valence-electron chi connectivity index (χ0n) is 14.4. The van der Waals surface area contributed by atoms with Gasteiger partial charge in [-0.15, -0.1) is 11.3 Å². The van der Waals surface area contributed by atoms with Gasteiger partial charge in [0.15, 0.2) is 0 Å². The second-order valence-electron chi connectivity index (χ2n) is 7.04. The van der Waals surface area contributed by atoms with Crippen LogP contribution in [0, 0.1) is 12.3 Å². The molecule has 0 saturated carbocycles. The number of benzene rings is 1. The predicted octanol–water partition coefficient (Wildman–Crippen LogP) is 4.24. The molecule has 2 aliphatic heterocycles. The van der Waals surface area contributed by atoms with Crippen molar-refractivity contribution < 1.29 is 9.57 Å². The maximum atomic E-state index is 6.32. The summed E-state index contributed by atoms with van der Waals surface area (Å²) in [5.41, 5.74) is 3.45. The summed E-state index contributed by atoms with van der Waals surface area (Å²) in [6.45, 7) is 6.57. The van der Waals surface area contributed by atoms with Gasteiger partial charge in [-0.05, 0) is 31.2 Å². The van der Waals surface area contributed by atoms with E-state index in [2.05, 4.69) is 47.5 Å². The van der Waals surface area contributed by atoms with Gasteiger partial charge < -0.3 is 4.74 Å². The van der Waals surface area contributed by atoms with Crippen LogP contribution in [-0.2, 0) is 11.3 Å². The van der Waals surface area contributed by atoms with Crippen molar-refractivity contribution in [1.82, 2.24) is 4.98 Å². The SMILES string of the molecule is COc1cccc2c1CC1N2OC(C=Cc2nc(C)cs2)C1(C)C. The molecule has 126 valence electrons. The molecule has 1 aromatic heterocycles. The number of hydroxylamine groups is 1. The van der Waals surface area contributed by atoms with E-state index in [0.717, 1.165) is 28.6 Å². The molecular weight excluding hydrogens is 320 g/mol. The molecule has 0 spiro atoms. The standard InChI is InChI=1S/C19H22N2O2S/c1-12-11-24-18(20-12)9-8-17-19(2,3)16-10-13-14(21(16)23-17)6-5-7-15(13)22-4/h5-9,11,16-17H,10H2,1-4H3. The van der Waals surface area contributed by atoms with Crippen molar-refractivity contribution in [1.29, 1.82) is 0 Å². The van der Waals surface area contributed by atoms with Crippen molar-refractivity contribution in [3.05, 3.63) is 45.9 Å². The van der Waals surface area contributed by atoms with Crippen LogP contribution in [0.4, 0.5) is 5.69 Å². The first-order valence-electron chi connectivity index (χ1n) is 8.23. The molecule has 3 heterocycles. The minimum absolute atomic E-state index is 0.00678. The Labute approximate surface area is 146 Å². The first-order valence-corrected chi connectivity index (χ1v) is 9.11. The molecule has 1 fully saturated rings. The highest BCUT2D eigenvalue weighted by Gasteiger charge is 2.52. The number of aryl methyl sites for hydroxylation is 1. The van der Waals surface area contributed by atoms with Gasteiger partial charge in [-0.2, -0.15) is 0 Å². The molecule has 5 heteroatoms. The number of fused-ring (bicyclic) bond motifs is 3. The molecule has 2 aliphatic rings. The van der Waals surface area contributed by atoms with Gasteiger partial charge in [0.25, 0.3) is 0 Å². The molecule has 0 radical (unpaired) electrons. The van der Waals surface area contributed by atoms with Crippen LogP contribution in [0.3, 0.4) is 0 Å². The summed E-state index contributed by atoms with van der Waals surface area (Å²) in [5.74, 6) is 0.951. The molecule has 24 heavy (non-hydrogen) atoms. The summed E-state index contributed by atoms with van der Waals surface area (Å²) in [6, 6.07) is 6.48. The Bertz CT molecular complexity index is 796. The minimum atomic E-state index is 0.00678. The molecule has 0 bridgehead atoms. The summed E-state index contributed by atoms with van der Waals surface area (Å²) in [5, 5.41) is 5.18. The Balaban J connectivity index is 1.62. The number of hydrogen-bond donors (Lipinski definition) is 0. The lowest BCUT2D eigenvalue weighted by molar-refractivity contribution is 0.0848. The van der Waals surface area contributed by atoms with Crippen molar-refractivity contribution in [2.45, 2.75) is 39.3 Å². The third-order valence-corrected chi connectivity index (χ3v) is 6.04. The fourth-order valence-corrected chi connectivity index (χ4v) is 4.34. The van der Waals surface area contributed by atoms with E-state index >= 15 is 0 Å². The minimum Gasteiger partial charge on any atom is -0.496 e. The molecule has 2 aromatic rings. The van der Waals surface area contributed by atoms with Gasteiger partial charge in [-0.1, -0.05) is 19.9 Å². The highest BCUT2D eigenvalue weighted by Crippen LogP contribution is 2.50. The average molecular weight is 342 g/mol. The second-order valence-corrected chi connectivity index (χ2v) is 7.93. The maximum Gasteiger partial charge on any atom is 0.124 e. The lowest BCUT2D eigenvalue weighted by atomic mass is 9.78. The largest absolute Gasteiger partial charge is 0.496 e. The van der Waals surface area contributed by atoms with E-state index in [1.165, 1.54) is 5.56 Å². The van der Waals surface area contributed by atoms with E-state index in [1.807, 2.05) is 19.1 Å². The summed E-state index contributed by atoms with van der Waals surface area (Å²) >= 11 is 1.66. The molecule has 1 saturated heterocycles. The van der Waals surface area contributed by atoms with Gasteiger partial charge in [0, 0.05) is 28.5 Å². The number of anilines is 1. The molecule has 0 aliphatic carbocycles. The average Bonchev–Trinajstić information content (AvgIpc) is 3.20. The van der Waals surface area contributed by atoms with Crippen LogP contribution in [0.2, 0.25) is 0 Å². The lowest BCUT2D eigenvalue weighted by Gasteiger charge is -2.26. The highest BCUT2D eigenvalue weighted by atomic mass is 32.1. The van der Waals surface area contributed by atoms with Gasteiger partial charge in [-0.25, -0.2) is 10.0 Å². The highest BCUT2D eigenvalue weighted by molar-refractivity contribution is 7.10. The Kier molecular flexibility index (Phi) is 3.66. The first kappa shape index (κ1) is 15.7. The zero-order valence-corrected chi connectivity index (χ0v) is 15.3. The van der Waals surface area contributed by atoms with Gasteiger partial charge in [0.1, 0.15) is 16.9 Å². The van der Waals surface area contributed by atoms with E-state index < -0.39 is 0 Å². The number of methoxy groups -OCH3 is 1. The number of thiazole rings is 1. The van der Waals surface area contributed by atoms with Gasteiger partial charge in [0.2, 0.25) is 0 Å². The van der Waals surface area contributed by atoms with Gasteiger partial charge >= 0.3 is 0 Å². The number of nitrogens with zero attached hydrogens (tertiary/aromatic N) is 2. The monoisotopic (exact) mass is 342 g/mol. The third-order valence-electron chi connectivity index (χ3n) is 5.12. The van der Waals surface area contributed by atoms with Crippen LogP contribution in [0.15, 0.2) is 29.7 Å². The number of ether oxygens (including phenoxy) is 1. The van der Waals surface area contributed by atoms with E-state index in [-0.39, 0.29) is 11.5 Å². The van der Waals surface area contributed by atoms with E-state index in [1.54, 1.807) is 18.4 Å². The van der Waals surface area contributed by atoms with Crippen LogP contribution < -0.4 is 9.80 Å². The zero-order chi connectivity index (χ0) is 16.9. The Morgan fingerprint density at radius 2 is 2.25 bits per heavy atom. The Morgan fingerprint density at radius 1 is 1.42 bits per heavy atom. The predicted molar refractivity (Wildman–Crippen MR) is 97.5 cm³/mol. The van der Waals surface area contributed by atoms with Crippen molar-refractivity contribution in [2.75, 3.05) is 12.2 Å². The van der Waals surface area contributed by atoms with E-state index in [9.17, 15) is 0 Å². The third kappa shape index (κ3) is 2.34. The molecule has 4 rings (SSSR count). The number of rotatable bonds is 3. The topological polar surface area (TPSA) is 34.6 Å². The van der Waals surface area contributed by atoms with E-state index in [0.29, 0.717) is 6.04 Å². The van der Waals surface area contributed by atoms with Crippen molar-refractivity contribution in [3.63, 3.8) is 0 Å². The van der Waals surface area contributed by atoms with Gasteiger partial charge in [-0.3, -0.25) is 4.84 Å². The van der Waals surface area contributed by atoms with E-state index in [4.69, 9.17) is 9.57 Å². The smallest absolute Gasteiger partial charge is 0.124 e. The molecule has 2 unspecified atom stereocenters. The van der Waals surface area contributed by atoms with Crippen LogP contribution >= 0.6 is 11.3 Å². The normalized spacial score (nSPS) is 24.4. The molecule has 1 aromatic carbocycles. The van der Waals surface area contributed by atoms with Crippen LogP contribution in [0.5, 0.6) is 5.75 Å². The Hall–Kier alpha value is -1.85. The number of hydrogen-bond acceptors (Lipinski definition) is 5. The van der Waals surface area contributed by atoms with Crippen molar-refractivity contribution in [2.24, 2.45) is 5.41 Å². The van der Waals surface area contributed by atoms with Crippen LogP contribution in [-0.4, -0.2) is 24.2 Å². The quantitative estimate of drug-likeness (QED) is 0.835. The summed E-state index contributed by atoms with van der Waals surface area (Å²) in [4.78, 5) is 10.8. The van der Waals surface area contributed by atoms with Crippen LogP contribution in [0.25, 0.3) is 6.08 Å². The number of aromatic nitrogens is 1. The van der Waals surface area contributed by atoms with Gasteiger partial charge in [0.05, 0.1) is 18.8 Å².